The second-order valence-corrected chi connectivity index (χ2v) is 5.39. The van der Waals surface area contributed by atoms with E-state index in [-0.39, 0.29) is 11.3 Å². The third-order valence-corrected chi connectivity index (χ3v) is 3.27. The molecule has 2 rings (SSSR count). The Morgan fingerprint density at radius 1 is 1.21 bits per heavy atom. The quantitative estimate of drug-likeness (QED) is 0.830. The molecule has 0 radical (unpaired) electrons. The van der Waals surface area contributed by atoms with Crippen molar-refractivity contribution in [2.75, 3.05) is 6.61 Å². The van der Waals surface area contributed by atoms with E-state index in [0.29, 0.717) is 16.8 Å². The molecule has 0 N–H and O–H groups in total. The molecule has 7 heteroatoms. The van der Waals surface area contributed by atoms with E-state index in [1.165, 1.54) is 11.8 Å². The van der Waals surface area contributed by atoms with Crippen LogP contribution in [0.3, 0.4) is 0 Å². The van der Waals surface area contributed by atoms with Gasteiger partial charge in [-0.05, 0) is 48.0 Å². The predicted octanol–water partition coefficient (Wildman–Crippen LogP) is 4.12. The van der Waals surface area contributed by atoms with Gasteiger partial charge in [0.1, 0.15) is 0 Å². The van der Waals surface area contributed by atoms with Crippen molar-refractivity contribution in [2.24, 2.45) is 0 Å². The molecule has 0 atom stereocenters. The number of ether oxygens (including phenoxy) is 1. The van der Waals surface area contributed by atoms with Crippen molar-refractivity contribution in [3.05, 3.63) is 34.6 Å². The minimum Gasteiger partial charge on any atom is -0.463 e. The monoisotopic (exact) mass is 315 g/mol. The molecule has 0 unspecified atom stereocenters. The van der Waals surface area contributed by atoms with Gasteiger partial charge in [-0.3, -0.25) is 0 Å². The van der Waals surface area contributed by atoms with Gasteiger partial charge >= 0.3 is 6.01 Å². The molecule has 0 aliphatic rings. The summed E-state index contributed by atoms with van der Waals surface area (Å²) in [4.78, 5) is 13.1. The Bertz CT molecular complexity index is 568. The smallest absolute Gasteiger partial charge is 0.321 e. The summed E-state index contributed by atoms with van der Waals surface area (Å²) < 4.78 is 5.35. The summed E-state index contributed by atoms with van der Waals surface area (Å²) in [6, 6.07) is 7.66. The Kier molecular flexibility index (Phi) is 5.24. The van der Waals surface area contributed by atoms with Crippen LogP contribution in [0.2, 0.25) is 10.3 Å². The fraction of sp³-hybridized carbons (Fsp3) is 0.250. The van der Waals surface area contributed by atoms with Crippen LogP contribution in [0, 0.1) is 0 Å². The first-order valence-corrected chi connectivity index (χ1v) is 7.22. The fourth-order valence-corrected chi connectivity index (χ4v) is 2.51. The highest BCUT2D eigenvalue weighted by Crippen LogP contribution is 2.28. The van der Waals surface area contributed by atoms with E-state index in [1.807, 2.05) is 31.2 Å². The Morgan fingerprint density at radius 3 is 2.79 bits per heavy atom. The third-order valence-electron chi connectivity index (χ3n) is 2.01. The number of hydrogen-bond donors (Lipinski definition) is 0. The molecule has 0 amide bonds. The first-order valence-electron chi connectivity index (χ1n) is 5.65. The van der Waals surface area contributed by atoms with Crippen molar-refractivity contribution in [3.63, 3.8) is 0 Å². The third kappa shape index (κ3) is 4.53. The lowest BCUT2D eigenvalue weighted by molar-refractivity contribution is 0.288. The molecule has 19 heavy (non-hydrogen) atoms. The van der Waals surface area contributed by atoms with Crippen LogP contribution in [-0.4, -0.2) is 21.6 Å². The van der Waals surface area contributed by atoms with Gasteiger partial charge in [0.15, 0.2) is 5.16 Å². The van der Waals surface area contributed by atoms with E-state index in [9.17, 15) is 0 Å². The van der Waals surface area contributed by atoms with E-state index >= 15 is 0 Å². The van der Waals surface area contributed by atoms with E-state index < -0.39 is 0 Å². The van der Waals surface area contributed by atoms with E-state index in [0.717, 1.165) is 11.3 Å². The highest BCUT2D eigenvalue weighted by atomic mass is 35.5. The molecular weight excluding hydrogens is 305 g/mol. The standard InChI is InChI=1S/C12H11Cl2N3OS/c1-2-6-18-11-15-10(14)16-12(17-11)19-9-5-3-4-8(13)7-9/h3-5,7H,2,6H2,1H3. The van der Waals surface area contributed by atoms with Crippen LogP contribution in [0.4, 0.5) is 0 Å². The first-order chi connectivity index (χ1) is 9.17. The molecule has 0 saturated heterocycles. The van der Waals surface area contributed by atoms with Gasteiger partial charge in [-0.2, -0.15) is 15.0 Å². The first kappa shape index (κ1) is 14.4. The zero-order valence-corrected chi connectivity index (χ0v) is 12.5. The topological polar surface area (TPSA) is 47.9 Å². The van der Waals surface area contributed by atoms with Gasteiger partial charge in [-0.15, -0.1) is 0 Å². The summed E-state index contributed by atoms with van der Waals surface area (Å²) in [7, 11) is 0. The minimum absolute atomic E-state index is 0.116. The highest BCUT2D eigenvalue weighted by Gasteiger charge is 2.08. The molecule has 1 heterocycles. The number of halogens is 2. The van der Waals surface area contributed by atoms with Crippen molar-refractivity contribution < 1.29 is 4.74 Å². The van der Waals surface area contributed by atoms with Crippen molar-refractivity contribution in [2.45, 2.75) is 23.4 Å². The van der Waals surface area contributed by atoms with Crippen molar-refractivity contribution >= 4 is 35.0 Å². The predicted molar refractivity (Wildman–Crippen MR) is 76.2 cm³/mol. The largest absolute Gasteiger partial charge is 0.463 e. The lowest BCUT2D eigenvalue weighted by atomic mass is 10.4. The van der Waals surface area contributed by atoms with Gasteiger partial charge in [0, 0.05) is 9.92 Å². The molecule has 2 aromatic rings. The normalized spacial score (nSPS) is 10.5. The minimum atomic E-state index is 0.116. The molecule has 0 fully saturated rings. The van der Waals surface area contributed by atoms with Gasteiger partial charge in [-0.1, -0.05) is 24.6 Å². The second-order valence-electron chi connectivity index (χ2n) is 3.58. The molecule has 100 valence electrons. The average Bonchev–Trinajstić information content (AvgIpc) is 2.35. The molecule has 1 aromatic heterocycles. The average molecular weight is 316 g/mol. The number of nitrogens with zero attached hydrogens (tertiary/aromatic N) is 3. The van der Waals surface area contributed by atoms with Crippen molar-refractivity contribution in [3.8, 4) is 6.01 Å². The second kappa shape index (κ2) is 6.93. The van der Waals surface area contributed by atoms with E-state index in [2.05, 4.69) is 15.0 Å². The van der Waals surface area contributed by atoms with Crippen LogP contribution in [0.25, 0.3) is 0 Å². The molecule has 0 spiro atoms. The zero-order valence-electron chi connectivity index (χ0n) is 10.1. The maximum atomic E-state index is 5.92. The summed E-state index contributed by atoms with van der Waals surface area (Å²) in [5.41, 5.74) is 0. The lowest BCUT2D eigenvalue weighted by Gasteiger charge is -2.05. The maximum Gasteiger partial charge on any atom is 0.321 e. The molecule has 1 aromatic carbocycles. The van der Waals surface area contributed by atoms with Crippen LogP contribution in [-0.2, 0) is 0 Å². The van der Waals surface area contributed by atoms with Crippen LogP contribution in [0.1, 0.15) is 13.3 Å². The highest BCUT2D eigenvalue weighted by molar-refractivity contribution is 7.99. The molecule has 0 saturated carbocycles. The Labute approximate surface area is 125 Å². The molecule has 0 aliphatic heterocycles. The van der Waals surface area contributed by atoms with E-state index in [4.69, 9.17) is 27.9 Å². The van der Waals surface area contributed by atoms with Crippen LogP contribution >= 0.6 is 35.0 Å². The number of aromatic nitrogens is 3. The summed E-state index contributed by atoms with van der Waals surface area (Å²) in [5, 5.41) is 1.26. The summed E-state index contributed by atoms with van der Waals surface area (Å²) in [6.45, 7) is 2.55. The number of hydrogen-bond acceptors (Lipinski definition) is 5. The van der Waals surface area contributed by atoms with Crippen molar-refractivity contribution in [1.82, 2.24) is 15.0 Å². The van der Waals surface area contributed by atoms with Gasteiger partial charge in [0.25, 0.3) is 0 Å². The fourth-order valence-electron chi connectivity index (χ4n) is 1.25. The lowest BCUT2D eigenvalue weighted by Crippen LogP contribution is -2.02. The van der Waals surface area contributed by atoms with Gasteiger partial charge in [0.05, 0.1) is 6.61 Å². The van der Waals surface area contributed by atoms with Gasteiger partial charge in [-0.25, -0.2) is 0 Å². The number of rotatable bonds is 5. The number of benzene rings is 1. The van der Waals surface area contributed by atoms with Crippen LogP contribution in [0.15, 0.2) is 34.3 Å². The summed E-state index contributed by atoms with van der Waals surface area (Å²) in [6.07, 6.45) is 0.875. The Hall–Kier alpha value is -1.04. The molecule has 0 aliphatic carbocycles. The molecule has 4 nitrogen and oxygen atoms in total. The van der Waals surface area contributed by atoms with Gasteiger partial charge in [0.2, 0.25) is 5.28 Å². The zero-order chi connectivity index (χ0) is 13.7. The summed E-state index contributed by atoms with van der Waals surface area (Å²) >= 11 is 13.1. The van der Waals surface area contributed by atoms with E-state index in [1.54, 1.807) is 0 Å². The SMILES string of the molecule is CCCOc1nc(Cl)nc(Sc2cccc(Cl)c2)n1. The Balaban J connectivity index is 2.17. The molecule has 0 bridgehead atoms. The summed E-state index contributed by atoms with van der Waals surface area (Å²) in [5.74, 6) is 0. The van der Waals surface area contributed by atoms with Gasteiger partial charge < -0.3 is 4.74 Å². The molecular formula is C12H11Cl2N3OS. The maximum absolute atomic E-state index is 5.92. The Morgan fingerprint density at radius 2 is 2.05 bits per heavy atom. The van der Waals surface area contributed by atoms with Crippen LogP contribution in [0.5, 0.6) is 6.01 Å². The van der Waals surface area contributed by atoms with Crippen LogP contribution < -0.4 is 4.74 Å². The van der Waals surface area contributed by atoms with Crippen molar-refractivity contribution in [1.29, 1.82) is 0 Å².